The number of hydrogen-bond donors (Lipinski definition) is 2. The fourth-order valence-corrected chi connectivity index (χ4v) is 3.76. The quantitative estimate of drug-likeness (QED) is 0.326. The molecule has 0 bridgehead atoms. The van der Waals surface area contributed by atoms with Crippen molar-refractivity contribution in [1.29, 1.82) is 0 Å². The van der Waals surface area contributed by atoms with Gasteiger partial charge in [0.2, 0.25) is 0 Å². The second kappa shape index (κ2) is 9.06. The fraction of sp³-hybridized carbons (Fsp3) is 0.0909. The van der Waals surface area contributed by atoms with Gasteiger partial charge in [-0.1, -0.05) is 11.8 Å². The minimum atomic E-state index is -1.08. The molecule has 4 rings (SSSR count). The van der Waals surface area contributed by atoms with Gasteiger partial charge >= 0.3 is 5.97 Å². The highest BCUT2D eigenvalue weighted by Gasteiger charge is 2.16. The molecule has 4 aromatic rings. The summed E-state index contributed by atoms with van der Waals surface area (Å²) in [6.45, 7) is 0.198. The highest BCUT2D eigenvalue weighted by molar-refractivity contribution is 7.99. The second-order valence-corrected chi connectivity index (χ2v) is 7.63. The summed E-state index contributed by atoms with van der Waals surface area (Å²) in [5.41, 5.74) is 0.410. The van der Waals surface area contributed by atoms with E-state index in [9.17, 15) is 18.8 Å². The van der Waals surface area contributed by atoms with Crippen molar-refractivity contribution in [2.45, 2.75) is 11.7 Å². The highest BCUT2D eigenvalue weighted by atomic mass is 32.2. The lowest BCUT2D eigenvalue weighted by Gasteiger charge is -2.13. The molecule has 0 aliphatic heterocycles. The molecule has 0 aliphatic rings. The zero-order valence-electron chi connectivity index (χ0n) is 16.4. The zero-order chi connectivity index (χ0) is 22.7. The number of thioether (sulfide) groups is 1. The Morgan fingerprint density at radius 2 is 1.94 bits per heavy atom. The number of benzene rings is 2. The lowest BCUT2D eigenvalue weighted by molar-refractivity contribution is -0.133. The number of carbonyl (C=O) groups is 2. The molecule has 2 heterocycles. The van der Waals surface area contributed by atoms with Gasteiger partial charge in [0.05, 0.1) is 35.2 Å². The maximum absolute atomic E-state index is 13.4. The Morgan fingerprint density at radius 1 is 1.16 bits per heavy atom. The van der Waals surface area contributed by atoms with Crippen molar-refractivity contribution in [3.05, 3.63) is 88.4 Å². The van der Waals surface area contributed by atoms with Crippen molar-refractivity contribution >= 4 is 34.5 Å². The summed E-state index contributed by atoms with van der Waals surface area (Å²) in [6, 6.07) is 13.1. The summed E-state index contributed by atoms with van der Waals surface area (Å²) in [5, 5.41) is 12.1. The highest BCUT2D eigenvalue weighted by Crippen LogP contribution is 2.22. The van der Waals surface area contributed by atoms with E-state index in [0.29, 0.717) is 11.4 Å². The van der Waals surface area contributed by atoms with Crippen LogP contribution in [0.1, 0.15) is 16.1 Å². The normalized spacial score (nSPS) is 10.9. The number of carbonyl (C=O) groups excluding carboxylic acids is 1. The molecule has 0 atom stereocenters. The van der Waals surface area contributed by atoms with Gasteiger partial charge in [0.1, 0.15) is 11.6 Å². The first-order chi connectivity index (χ1) is 15.4. The third kappa shape index (κ3) is 4.54. The van der Waals surface area contributed by atoms with Crippen LogP contribution < -0.4 is 10.9 Å². The summed E-state index contributed by atoms with van der Waals surface area (Å²) < 4.78 is 19.8. The second-order valence-electron chi connectivity index (χ2n) is 6.69. The van der Waals surface area contributed by atoms with Crippen molar-refractivity contribution in [3.8, 4) is 5.69 Å². The van der Waals surface area contributed by atoms with Crippen LogP contribution in [0.4, 0.5) is 4.39 Å². The van der Waals surface area contributed by atoms with Gasteiger partial charge < -0.3 is 14.8 Å². The number of rotatable bonds is 7. The Bertz CT molecular complexity index is 1350. The van der Waals surface area contributed by atoms with Crippen molar-refractivity contribution in [2.24, 2.45) is 0 Å². The number of carboxylic acids is 1. The number of nitrogens with one attached hydrogen (secondary N) is 1. The third-order valence-corrected chi connectivity index (χ3v) is 5.44. The molecule has 0 saturated heterocycles. The number of carboxylic acid groups (broad SMARTS) is 1. The molecule has 162 valence electrons. The van der Waals surface area contributed by atoms with Gasteiger partial charge in [0.15, 0.2) is 5.16 Å². The molecule has 2 aromatic carbocycles. The molecule has 10 heteroatoms. The van der Waals surface area contributed by atoms with E-state index >= 15 is 0 Å². The molecule has 0 saturated carbocycles. The fourth-order valence-electron chi connectivity index (χ4n) is 3.03. The number of aromatic nitrogens is 2. The van der Waals surface area contributed by atoms with Crippen molar-refractivity contribution < 1.29 is 23.5 Å². The number of hydrogen-bond acceptors (Lipinski definition) is 6. The molecule has 0 radical (unpaired) electrons. The third-order valence-electron chi connectivity index (χ3n) is 4.51. The topological polar surface area (TPSA) is 114 Å². The van der Waals surface area contributed by atoms with Gasteiger partial charge in [-0.25, -0.2) is 9.37 Å². The van der Waals surface area contributed by atoms with Gasteiger partial charge in [0, 0.05) is 5.56 Å². The number of fused-ring (bicyclic) bond motifs is 1. The molecule has 2 N–H and O–H groups in total. The standard InChI is InChI=1S/C22H16FN3O5S/c23-14-4-6-15(7-5-14)26-21(30)17-8-3-13(20(29)24-11-16-2-1-9-31-16)10-18(17)25-22(26)32-12-19(27)28/h1-10H,11-12H2,(H,24,29)(H,27,28). The van der Waals surface area contributed by atoms with Gasteiger partial charge in [-0.15, -0.1) is 0 Å². The molecule has 8 nitrogen and oxygen atoms in total. The summed E-state index contributed by atoms with van der Waals surface area (Å²) >= 11 is 0.852. The van der Waals surface area contributed by atoms with Crippen molar-refractivity contribution in [1.82, 2.24) is 14.9 Å². The smallest absolute Gasteiger partial charge is 0.313 e. The summed E-state index contributed by atoms with van der Waals surface area (Å²) in [6.07, 6.45) is 1.50. The van der Waals surface area contributed by atoms with Gasteiger partial charge in [-0.2, -0.15) is 0 Å². The van der Waals surface area contributed by atoms with Crippen LogP contribution in [0.15, 0.2) is 75.2 Å². The van der Waals surface area contributed by atoms with E-state index in [1.165, 1.54) is 53.3 Å². The minimum Gasteiger partial charge on any atom is -0.481 e. The Hall–Kier alpha value is -3.92. The Balaban J connectivity index is 1.74. The first-order valence-electron chi connectivity index (χ1n) is 9.40. The Labute approximate surface area is 184 Å². The maximum Gasteiger partial charge on any atom is 0.313 e. The molecule has 0 spiro atoms. The Morgan fingerprint density at radius 3 is 2.62 bits per heavy atom. The lowest BCUT2D eigenvalue weighted by Crippen LogP contribution is -2.24. The molecule has 2 aromatic heterocycles. The minimum absolute atomic E-state index is 0.115. The Kier molecular flexibility index (Phi) is 6.04. The predicted octanol–water partition coefficient (Wildman–Crippen LogP) is 3.22. The van der Waals surface area contributed by atoms with Crippen molar-refractivity contribution in [2.75, 3.05) is 5.75 Å². The van der Waals surface area contributed by atoms with Crippen LogP contribution in [0.2, 0.25) is 0 Å². The van der Waals surface area contributed by atoms with Crippen molar-refractivity contribution in [3.63, 3.8) is 0 Å². The summed E-state index contributed by atoms with van der Waals surface area (Å²) in [4.78, 5) is 41.2. The number of aliphatic carboxylic acids is 1. The average Bonchev–Trinajstić information content (AvgIpc) is 3.30. The van der Waals surface area contributed by atoms with Crippen LogP contribution in [0.25, 0.3) is 16.6 Å². The summed E-state index contributed by atoms with van der Waals surface area (Å²) in [5.74, 6) is -1.68. The first kappa shape index (κ1) is 21.3. The van der Waals surface area contributed by atoms with Crippen LogP contribution in [0, 0.1) is 5.82 Å². The van der Waals surface area contributed by atoms with E-state index in [-0.39, 0.29) is 39.8 Å². The van der Waals surface area contributed by atoms with E-state index in [1.807, 2.05) is 0 Å². The van der Waals surface area contributed by atoms with Crippen LogP contribution in [-0.2, 0) is 11.3 Å². The number of furan rings is 1. The van der Waals surface area contributed by atoms with E-state index in [4.69, 9.17) is 9.52 Å². The number of amides is 1. The van der Waals surface area contributed by atoms with E-state index in [1.54, 1.807) is 12.1 Å². The van der Waals surface area contributed by atoms with Gasteiger partial charge in [-0.3, -0.25) is 19.0 Å². The summed E-state index contributed by atoms with van der Waals surface area (Å²) in [7, 11) is 0. The van der Waals surface area contributed by atoms with E-state index < -0.39 is 17.3 Å². The van der Waals surface area contributed by atoms with Crippen LogP contribution in [-0.4, -0.2) is 32.3 Å². The van der Waals surface area contributed by atoms with Crippen LogP contribution in [0.5, 0.6) is 0 Å². The molecule has 1 amide bonds. The van der Waals surface area contributed by atoms with Gasteiger partial charge in [0.25, 0.3) is 11.5 Å². The lowest BCUT2D eigenvalue weighted by atomic mass is 10.1. The average molecular weight is 453 g/mol. The number of halogens is 1. The predicted molar refractivity (Wildman–Crippen MR) is 116 cm³/mol. The molecule has 32 heavy (non-hydrogen) atoms. The monoisotopic (exact) mass is 453 g/mol. The van der Waals surface area contributed by atoms with Crippen LogP contribution >= 0.6 is 11.8 Å². The molecule has 0 aliphatic carbocycles. The van der Waals surface area contributed by atoms with Crippen LogP contribution in [0.3, 0.4) is 0 Å². The maximum atomic E-state index is 13.4. The van der Waals surface area contributed by atoms with Gasteiger partial charge in [-0.05, 0) is 54.6 Å². The largest absolute Gasteiger partial charge is 0.481 e. The molecule has 0 fully saturated rings. The number of nitrogens with zero attached hydrogens (tertiary/aromatic N) is 2. The van der Waals surface area contributed by atoms with E-state index in [0.717, 1.165) is 11.8 Å². The molecular weight excluding hydrogens is 437 g/mol. The SMILES string of the molecule is O=C(O)CSc1nc2cc(C(=O)NCc3ccco3)ccc2c(=O)n1-c1ccc(F)cc1. The zero-order valence-corrected chi connectivity index (χ0v) is 17.3. The first-order valence-corrected chi connectivity index (χ1v) is 10.4. The molecule has 0 unspecified atom stereocenters. The molecular formula is C22H16FN3O5S. The van der Waals surface area contributed by atoms with E-state index in [2.05, 4.69) is 10.3 Å².